The van der Waals surface area contributed by atoms with E-state index < -0.39 is 16.4 Å². The molecule has 0 radical (unpaired) electrons. The Balaban J connectivity index is -0.000000396. The maximum absolute atomic E-state index is 10.7. The van der Waals surface area contributed by atoms with Crippen LogP contribution in [0.5, 0.6) is 0 Å². The van der Waals surface area contributed by atoms with E-state index in [0.29, 0.717) is 0 Å². The van der Waals surface area contributed by atoms with Crippen LogP contribution in [0.25, 0.3) is 0 Å². The van der Waals surface area contributed by atoms with E-state index in [4.69, 9.17) is 22.6 Å². The first-order chi connectivity index (χ1) is 12.6. The fourth-order valence-corrected chi connectivity index (χ4v) is 2.49. The molecule has 0 aliphatic rings. The van der Waals surface area contributed by atoms with Gasteiger partial charge in [0.2, 0.25) is 0 Å². The van der Waals surface area contributed by atoms with Crippen molar-refractivity contribution in [3.63, 3.8) is 0 Å². The summed E-state index contributed by atoms with van der Waals surface area (Å²) in [5, 5.41) is 18.6. The van der Waals surface area contributed by atoms with Crippen LogP contribution in [0.4, 0.5) is 0 Å². The predicted molar refractivity (Wildman–Crippen MR) is 108 cm³/mol. The largest absolute Gasteiger partial charge is 1.00 e. The monoisotopic (exact) mass is 434 g/mol. The number of allylic oxidation sites excluding steroid dienone is 1. The van der Waals surface area contributed by atoms with Crippen LogP contribution in [0, 0.1) is 5.92 Å². The van der Waals surface area contributed by atoms with E-state index in [-0.39, 0.29) is 43.0 Å². The predicted octanol–water partition coefficient (Wildman–Crippen LogP) is 1.79. The molecule has 1 unspecified atom stereocenters. The molecule has 0 aromatic carbocycles. The second-order valence-electron chi connectivity index (χ2n) is 6.89. The summed E-state index contributed by atoms with van der Waals surface area (Å²) in [4.78, 5) is 10.7. The summed E-state index contributed by atoms with van der Waals surface area (Å²) in [6.07, 6.45) is 17.0. The minimum absolute atomic E-state index is 0. The Morgan fingerprint density at radius 3 is 2.00 bits per heavy atom. The molecule has 0 aliphatic carbocycles. The summed E-state index contributed by atoms with van der Waals surface area (Å²) in [5.74, 6) is -0.894. The number of carboxylic acids is 1. The van der Waals surface area contributed by atoms with Crippen LogP contribution in [-0.4, -0.2) is 39.8 Å². The van der Waals surface area contributed by atoms with Crippen LogP contribution in [0.1, 0.15) is 92.3 Å². The van der Waals surface area contributed by atoms with Gasteiger partial charge in [-0.05, 0) is 32.1 Å². The number of unbranched alkanes of at least 4 members (excludes halogenated alkanes) is 7. The Bertz CT molecular complexity index is 479. The molecular formula is C19H39NaO7S. The first kappa shape index (κ1) is 32.7. The molecule has 0 aromatic rings. The van der Waals surface area contributed by atoms with Gasteiger partial charge in [0, 0.05) is 0 Å². The molecular weight excluding hydrogens is 395 g/mol. The summed E-state index contributed by atoms with van der Waals surface area (Å²) in [6, 6.07) is 0. The molecule has 4 N–H and O–H groups in total. The second kappa shape index (κ2) is 21.7. The zero-order chi connectivity index (χ0) is 21.1. The van der Waals surface area contributed by atoms with E-state index in [9.17, 15) is 9.90 Å². The Morgan fingerprint density at radius 2 is 1.46 bits per heavy atom. The van der Waals surface area contributed by atoms with E-state index in [2.05, 4.69) is 19.1 Å². The first-order valence-corrected chi connectivity index (χ1v) is 11.2. The normalized spacial score (nSPS) is 13.3. The van der Waals surface area contributed by atoms with Gasteiger partial charge < -0.3 is 11.6 Å². The SMILES string of the molecule is CCCCCC[C@@H](O)C/C=C\CCCCCCC(C)C(=O)O.O=S(=O)(O)O.[H-].[Na+]. The van der Waals surface area contributed by atoms with Crippen molar-refractivity contribution in [1.29, 1.82) is 0 Å². The first-order valence-electron chi connectivity index (χ1n) is 9.83. The summed E-state index contributed by atoms with van der Waals surface area (Å²) in [5.41, 5.74) is 0. The van der Waals surface area contributed by atoms with E-state index >= 15 is 0 Å². The molecule has 0 bridgehead atoms. The van der Waals surface area contributed by atoms with Gasteiger partial charge in [0.1, 0.15) is 0 Å². The number of carboxylic acid groups (broad SMARTS) is 1. The van der Waals surface area contributed by atoms with E-state index in [1.807, 2.05) is 0 Å². The van der Waals surface area contributed by atoms with Gasteiger partial charge in [-0.1, -0.05) is 70.9 Å². The third-order valence-corrected chi connectivity index (χ3v) is 4.15. The molecule has 0 saturated heterocycles. The average Bonchev–Trinajstić information content (AvgIpc) is 2.55. The zero-order valence-electron chi connectivity index (χ0n) is 18.7. The quantitative estimate of drug-likeness (QED) is 0.134. The molecule has 0 fully saturated rings. The number of aliphatic hydroxyl groups excluding tert-OH is 1. The molecule has 0 aromatic heterocycles. The third kappa shape index (κ3) is 33.6. The van der Waals surface area contributed by atoms with Gasteiger partial charge >= 0.3 is 45.9 Å². The number of aliphatic hydroxyl groups is 1. The molecule has 0 aliphatic heterocycles. The number of hydrogen-bond acceptors (Lipinski definition) is 4. The minimum atomic E-state index is -4.67. The van der Waals surface area contributed by atoms with Gasteiger partial charge in [0.25, 0.3) is 0 Å². The van der Waals surface area contributed by atoms with Gasteiger partial charge in [-0.25, -0.2) is 0 Å². The molecule has 0 saturated carbocycles. The van der Waals surface area contributed by atoms with E-state index in [1.165, 1.54) is 19.3 Å². The zero-order valence-corrected chi connectivity index (χ0v) is 20.5. The minimum Gasteiger partial charge on any atom is -1.00 e. The van der Waals surface area contributed by atoms with Crippen LogP contribution in [0.2, 0.25) is 0 Å². The molecule has 0 heterocycles. The molecule has 9 heteroatoms. The van der Waals surface area contributed by atoms with Crippen molar-refractivity contribution in [2.75, 3.05) is 0 Å². The number of rotatable bonds is 15. The van der Waals surface area contributed by atoms with Crippen LogP contribution < -0.4 is 29.6 Å². The summed E-state index contributed by atoms with van der Waals surface area (Å²) in [6.45, 7) is 3.98. The topological polar surface area (TPSA) is 132 Å². The van der Waals surface area contributed by atoms with Crippen LogP contribution in [-0.2, 0) is 15.2 Å². The Morgan fingerprint density at radius 1 is 0.964 bits per heavy atom. The standard InChI is InChI=1S/C19H36O3.Na.H2O4S.H/c1-3-4-5-12-15-18(20)16-13-10-8-6-7-9-11-14-17(2)19(21)22;;1-5(2,3)4;/h10,13,17-18,20H,3-9,11-12,14-16H2,1-2H3,(H,21,22);;(H2,1,2,3,4);/q;+1;;-1/b13-10-;;;/t17?,18-;;;/m1.../s1. The molecule has 2 atom stereocenters. The van der Waals surface area contributed by atoms with E-state index in [1.54, 1.807) is 6.92 Å². The van der Waals surface area contributed by atoms with Gasteiger partial charge in [-0.2, -0.15) is 8.42 Å². The van der Waals surface area contributed by atoms with Gasteiger partial charge in [0.15, 0.2) is 0 Å². The number of aliphatic carboxylic acids is 1. The molecule has 164 valence electrons. The van der Waals surface area contributed by atoms with Crippen molar-refractivity contribution >= 4 is 16.4 Å². The fraction of sp³-hybridized carbons (Fsp3) is 0.842. The average molecular weight is 435 g/mol. The van der Waals surface area contributed by atoms with Crippen molar-refractivity contribution in [2.24, 2.45) is 5.92 Å². The van der Waals surface area contributed by atoms with Crippen LogP contribution in [0.15, 0.2) is 12.2 Å². The molecule has 28 heavy (non-hydrogen) atoms. The van der Waals surface area contributed by atoms with Gasteiger partial charge in [0.05, 0.1) is 12.0 Å². The number of hydrogen-bond donors (Lipinski definition) is 4. The van der Waals surface area contributed by atoms with Crippen molar-refractivity contribution < 1.29 is 63.5 Å². The summed E-state index contributed by atoms with van der Waals surface area (Å²) >= 11 is 0. The van der Waals surface area contributed by atoms with Crippen molar-refractivity contribution in [3.8, 4) is 0 Å². The van der Waals surface area contributed by atoms with E-state index in [0.717, 1.165) is 57.8 Å². The van der Waals surface area contributed by atoms with Crippen LogP contribution in [0.3, 0.4) is 0 Å². The summed E-state index contributed by atoms with van der Waals surface area (Å²) < 4.78 is 31.6. The Labute approximate surface area is 194 Å². The number of carbonyl (C=O) groups is 1. The third-order valence-electron chi connectivity index (χ3n) is 4.15. The summed E-state index contributed by atoms with van der Waals surface area (Å²) in [7, 11) is -4.67. The molecule has 0 amide bonds. The Hall–Kier alpha value is 0.0400. The van der Waals surface area contributed by atoms with Crippen molar-refractivity contribution in [2.45, 2.75) is 97.0 Å². The smallest absolute Gasteiger partial charge is 1.00 e. The Kier molecular flexibility index (Phi) is 25.4. The second-order valence-corrected chi connectivity index (χ2v) is 7.78. The molecule has 0 spiro atoms. The van der Waals surface area contributed by atoms with Gasteiger partial charge in [-0.15, -0.1) is 0 Å². The molecule has 7 nitrogen and oxygen atoms in total. The van der Waals surface area contributed by atoms with Crippen molar-refractivity contribution in [1.82, 2.24) is 0 Å². The van der Waals surface area contributed by atoms with Crippen LogP contribution >= 0.6 is 0 Å². The maximum atomic E-state index is 10.7. The van der Waals surface area contributed by atoms with Gasteiger partial charge in [-0.3, -0.25) is 13.9 Å². The maximum Gasteiger partial charge on any atom is 1.00 e. The van der Waals surface area contributed by atoms with Crippen molar-refractivity contribution in [3.05, 3.63) is 12.2 Å². The molecule has 0 rings (SSSR count). The fourth-order valence-electron chi connectivity index (χ4n) is 2.49.